The van der Waals surface area contributed by atoms with Crippen LogP contribution in [0.3, 0.4) is 0 Å². The molecule has 2 bridgehead atoms. The Labute approximate surface area is 157 Å². The number of epoxide rings is 1. The SMILES string of the molecule is CC(=O)OC1(C)CCC=C(C)CC2OC1C1C(C(C)C)CC3OC3(C)C21. The predicted octanol–water partition coefficient (Wildman–Crippen LogP) is 4.27. The van der Waals surface area contributed by atoms with Gasteiger partial charge in [-0.15, -0.1) is 0 Å². The van der Waals surface area contributed by atoms with Crippen molar-refractivity contribution in [3.8, 4) is 0 Å². The molecule has 1 aliphatic carbocycles. The van der Waals surface area contributed by atoms with Crippen LogP contribution in [0.5, 0.6) is 0 Å². The van der Waals surface area contributed by atoms with Gasteiger partial charge in [-0.2, -0.15) is 0 Å². The average molecular weight is 363 g/mol. The smallest absolute Gasteiger partial charge is 0.303 e. The number of rotatable bonds is 2. The lowest BCUT2D eigenvalue weighted by Gasteiger charge is -2.44. The Kier molecular flexibility index (Phi) is 4.31. The Morgan fingerprint density at radius 2 is 2.08 bits per heavy atom. The van der Waals surface area contributed by atoms with Crippen molar-refractivity contribution in [3.63, 3.8) is 0 Å². The van der Waals surface area contributed by atoms with Gasteiger partial charge in [0.25, 0.3) is 0 Å². The lowest BCUT2D eigenvalue weighted by atomic mass is 9.59. The molecule has 3 aliphatic heterocycles. The predicted molar refractivity (Wildman–Crippen MR) is 99.6 cm³/mol. The van der Waals surface area contributed by atoms with Crippen molar-refractivity contribution >= 4 is 5.97 Å². The Hall–Kier alpha value is -0.870. The highest BCUT2D eigenvalue weighted by atomic mass is 16.6. The molecule has 0 N–H and O–H groups in total. The van der Waals surface area contributed by atoms with Gasteiger partial charge < -0.3 is 14.2 Å². The summed E-state index contributed by atoms with van der Waals surface area (Å²) in [5.41, 5.74) is 0.746. The highest BCUT2D eigenvalue weighted by molar-refractivity contribution is 5.66. The van der Waals surface area contributed by atoms with Gasteiger partial charge in [0, 0.05) is 18.8 Å². The van der Waals surface area contributed by atoms with Gasteiger partial charge in [0.1, 0.15) is 11.7 Å². The maximum absolute atomic E-state index is 11.9. The van der Waals surface area contributed by atoms with E-state index in [1.54, 1.807) is 0 Å². The summed E-state index contributed by atoms with van der Waals surface area (Å²) >= 11 is 0. The van der Waals surface area contributed by atoms with Crippen molar-refractivity contribution < 1.29 is 19.0 Å². The molecule has 4 rings (SSSR count). The summed E-state index contributed by atoms with van der Waals surface area (Å²) in [6.07, 6.45) is 6.60. The zero-order chi connectivity index (χ0) is 18.9. The van der Waals surface area contributed by atoms with Crippen LogP contribution in [0.25, 0.3) is 0 Å². The van der Waals surface area contributed by atoms with Crippen molar-refractivity contribution in [3.05, 3.63) is 11.6 Å². The number of ether oxygens (including phenoxy) is 3. The van der Waals surface area contributed by atoms with Crippen molar-refractivity contribution in [1.82, 2.24) is 0 Å². The topological polar surface area (TPSA) is 48.1 Å². The summed E-state index contributed by atoms with van der Waals surface area (Å²) in [5.74, 6) is 1.69. The maximum atomic E-state index is 11.9. The molecule has 3 heterocycles. The van der Waals surface area contributed by atoms with Gasteiger partial charge in [-0.05, 0) is 58.3 Å². The third kappa shape index (κ3) is 2.75. The summed E-state index contributed by atoms with van der Waals surface area (Å²) in [7, 11) is 0. The van der Waals surface area contributed by atoms with E-state index in [0.717, 1.165) is 25.7 Å². The number of allylic oxidation sites excluding steroid dienone is 1. The second-order valence-corrected chi connectivity index (χ2v) is 9.83. The fourth-order valence-electron chi connectivity index (χ4n) is 6.32. The molecule has 3 fully saturated rings. The monoisotopic (exact) mass is 362 g/mol. The van der Waals surface area contributed by atoms with Crippen LogP contribution < -0.4 is 0 Å². The van der Waals surface area contributed by atoms with Crippen molar-refractivity contribution in [2.75, 3.05) is 0 Å². The van der Waals surface area contributed by atoms with Crippen molar-refractivity contribution in [2.45, 2.75) is 96.7 Å². The van der Waals surface area contributed by atoms with Crippen molar-refractivity contribution in [1.29, 1.82) is 0 Å². The van der Waals surface area contributed by atoms with Crippen LogP contribution in [-0.4, -0.2) is 35.5 Å². The lowest BCUT2D eigenvalue weighted by molar-refractivity contribution is -0.178. The van der Waals surface area contributed by atoms with E-state index in [9.17, 15) is 4.79 Å². The molecule has 26 heavy (non-hydrogen) atoms. The molecule has 0 spiro atoms. The fourth-order valence-corrected chi connectivity index (χ4v) is 6.32. The highest BCUT2D eigenvalue weighted by Crippen LogP contribution is 2.64. The van der Waals surface area contributed by atoms with Crippen LogP contribution in [0.4, 0.5) is 0 Å². The largest absolute Gasteiger partial charge is 0.457 e. The summed E-state index contributed by atoms with van der Waals surface area (Å²) < 4.78 is 19.0. The molecule has 0 aromatic rings. The number of fused-ring (bicyclic) bond motifs is 7. The fraction of sp³-hybridized carbons (Fsp3) is 0.864. The van der Waals surface area contributed by atoms with Crippen LogP contribution in [0, 0.1) is 23.7 Å². The van der Waals surface area contributed by atoms with Gasteiger partial charge >= 0.3 is 5.97 Å². The van der Waals surface area contributed by atoms with E-state index in [2.05, 4.69) is 40.7 Å². The number of hydrogen-bond acceptors (Lipinski definition) is 4. The van der Waals surface area contributed by atoms with E-state index in [1.165, 1.54) is 12.5 Å². The molecule has 0 aromatic heterocycles. The van der Waals surface area contributed by atoms with Crippen LogP contribution in [-0.2, 0) is 19.0 Å². The van der Waals surface area contributed by atoms with E-state index in [4.69, 9.17) is 14.2 Å². The molecule has 8 atom stereocenters. The third-order valence-corrected chi connectivity index (χ3v) is 7.60. The molecule has 146 valence electrons. The Balaban J connectivity index is 1.78. The lowest BCUT2D eigenvalue weighted by Crippen LogP contribution is -2.52. The summed E-state index contributed by atoms with van der Waals surface area (Å²) in [4.78, 5) is 11.9. The number of hydrogen-bond donors (Lipinski definition) is 0. The normalized spacial score (nSPS) is 50.0. The van der Waals surface area contributed by atoms with Crippen molar-refractivity contribution in [2.24, 2.45) is 23.7 Å². The molecular formula is C22H34O4. The van der Waals surface area contributed by atoms with Gasteiger partial charge in [0.2, 0.25) is 0 Å². The Bertz CT molecular complexity index is 626. The third-order valence-electron chi connectivity index (χ3n) is 7.60. The molecule has 4 nitrogen and oxygen atoms in total. The Morgan fingerprint density at radius 3 is 2.73 bits per heavy atom. The first-order valence-electron chi connectivity index (χ1n) is 10.3. The number of carbonyl (C=O) groups is 1. The van der Waals surface area contributed by atoms with E-state index in [0.29, 0.717) is 29.8 Å². The van der Waals surface area contributed by atoms with Crippen LogP contribution in [0.15, 0.2) is 11.6 Å². The van der Waals surface area contributed by atoms with Crippen LogP contribution in [0.2, 0.25) is 0 Å². The molecule has 2 saturated heterocycles. The number of carbonyl (C=O) groups excluding carboxylic acids is 1. The highest BCUT2D eigenvalue weighted by Gasteiger charge is 2.72. The second kappa shape index (κ2) is 6.07. The second-order valence-electron chi connectivity index (χ2n) is 9.83. The quantitative estimate of drug-likeness (QED) is 0.418. The molecule has 4 aliphatic rings. The van der Waals surface area contributed by atoms with Crippen LogP contribution in [0.1, 0.15) is 67.2 Å². The molecule has 0 amide bonds. The average Bonchev–Trinajstić information content (AvgIpc) is 3.02. The first kappa shape index (κ1) is 18.5. The number of esters is 1. The van der Waals surface area contributed by atoms with E-state index >= 15 is 0 Å². The van der Waals surface area contributed by atoms with E-state index in [-0.39, 0.29) is 23.8 Å². The van der Waals surface area contributed by atoms with Gasteiger partial charge in [-0.1, -0.05) is 25.5 Å². The van der Waals surface area contributed by atoms with E-state index < -0.39 is 5.60 Å². The first-order chi connectivity index (χ1) is 12.2. The van der Waals surface area contributed by atoms with Crippen LogP contribution >= 0.6 is 0 Å². The maximum Gasteiger partial charge on any atom is 0.303 e. The summed E-state index contributed by atoms with van der Waals surface area (Å²) in [6, 6.07) is 0. The Morgan fingerprint density at radius 1 is 1.35 bits per heavy atom. The molecule has 4 heteroatoms. The molecule has 1 saturated carbocycles. The van der Waals surface area contributed by atoms with Gasteiger partial charge in [-0.25, -0.2) is 0 Å². The summed E-state index contributed by atoms with van der Waals surface area (Å²) in [6.45, 7) is 12.7. The van der Waals surface area contributed by atoms with E-state index in [1.807, 2.05) is 0 Å². The molecule has 8 unspecified atom stereocenters. The van der Waals surface area contributed by atoms with Gasteiger partial charge in [-0.3, -0.25) is 4.79 Å². The zero-order valence-electron chi connectivity index (χ0n) is 17.1. The first-order valence-corrected chi connectivity index (χ1v) is 10.3. The van der Waals surface area contributed by atoms with Gasteiger partial charge in [0.15, 0.2) is 0 Å². The van der Waals surface area contributed by atoms with Gasteiger partial charge in [0.05, 0.1) is 17.8 Å². The zero-order valence-corrected chi connectivity index (χ0v) is 17.1. The minimum atomic E-state index is -0.574. The summed E-state index contributed by atoms with van der Waals surface area (Å²) in [5, 5.41) is 0. The standard InChI is InChI=1S/C22H34O4/c1-12(2)15-11-17-22(6,26-17)19-16-10-13(3)8-7-9-21(5,25-14(4)23)20(24-16)18(15)19/h8,12,15-20H,7,9-11H2,1-6H3. The minimum Gasteiger partial charge on any atom is -0.457 e. The molecule has 0 aromatic carbocycles. The molecular weight excluding hydrogens is 328 g/mol. The molecule has 0 radical (unpaired) electrons. The minimum absolute atomic E-state index is 0.0462.